The number of carboxylic acids is 1. The van der Waals surface area contributed by atoms with Crippen LogP contribution in [0.2, 0.25) is 0 Å². The first-order valence-electron chi connectivity index (χ1n) is 8.54. The molecule has 134 valence electrons. The van der Waals surface area contributed by atoms with E-state index in [2.05, 4.69) is 5.32 Å². The van der Waals surface area contributed by atoms with Gasteiger partial charge >= 0.3 is 5.97 Å². The Hall–Kier alpha value is -2.93. The van der Waals surface area contributed by atoms with Crippen molar-refractivity contribution in [1.29, 1.82) is 0 Å². The number of benzene rings is 2. The summed E-state index contributed by atoms with van der Waals surface area (Å²) in [5, 5.41) is 23.6. The molecule has 0 bridgehead atoms. The van der Waals surface area contributed by atoms with Crippen LogP contribution in [0.5, 0.6) is 0 Å². The van der Waals surface area contributed by atoms with Crippen molar-refractivity contribution in [3.63, 3.8) is 0 Å². The molecule has 1 fully saturated rings. The van der Waals surface area contributed by atoms with Gasteiger partial charge in [0.2, 0.25) is 0 Å². The minimum atomic E-state index is -0.961. The van der Waals surface area contributed by atoms with E-state index in [0.29, 0.717) is 6.61 Å². The number of carboxylic acid groups (broad SMARTS) is 1. The van der Waals surface area contributed by atoms with Gasteiger partial charge in [-0.2, -0.15) is 0 Å². The first-order chi connectivity index (χ1) is 12.5. The molecular weight excluding hydrogens is 336 g/mol. The molecule has 1 saturated heterocycles. The summed E-state index contributed by atoms with van der Waals surface area (Å²) in [4.78, 5) is 21.8. The third-order valence-electron chi connectivity index (χ3n) is 5.18. The van der Waals surface area contributed by atoms with Gasteiger partial charge in [-0.1, -0.05) is 12.1 Å². The molecule has 0 amide bonds. The van der Waals surface area contributed by atoms with Gasteiger partial charge in [0.25, 0.3) is 5.69 Å². The lowest BCUT2D eigenvalue weighted by Gasteiger charge is -2.43. The molecule has 7 nitrogen and oxygen atoms in total. The number of nitro benzene ring substituents is 1. The van der Waals surface area contributed by atoms with Crippen LogP contribution in [0.25, 0.3) is 0 Å². The predicted molar refractivity (Wildman–Crippen MR) is 94.3 cm³/mol. The summed E-state index contributed by atoms with van der Waals surface area (Å²) in [5.74, 6) is -0.820. The molecule has 4 rings (SSSR count). The molecule has 0 radical (unpaired) electrons. The fourth-order valence-corrected chi connectivity index (χ4v) is 3.94. The Labute approximate surface area is 149 Å². The zero-order valence-electron chi connectivity index (χ0n) is 13.9. The zero-order valence-corrected chi connectivity index (χ0v) is 13.9. The van der Waals surface area contributed by atoms with Gasteiger partial charge in [-0.25, -0.2) is 4.79 Å². The molecule has 0 spiro atoms. The fraction of sp³-hybridized carbons (Fsp3) is 0.316. The van der Waals surface area contributed by atoms with Crippen molar-refractivity contribution in [1.82, 2.24) is 0 Å². The molecule has 0 aromatic heterocycles. The standard InChI is InChI=1S/C19H18N2O5/c22-19(23)12-5-8-16-15(10-12)18-14(2-1-9-26-18)17(20-16)11-3-6-13(7-4-11)21(24)25/h3-8,10,14,17-18,20H,1-2,9H2,(H,22,23)/t14-,17+,18-/m0/s1. The van der Waals surface area contributed by atoms with E-state index in [1.807, 2.05) is 0 Å². The Balaban J connectivity index is 1.73. The maximum Gasteiger partial charge on any atom is 0.335 e. The van der Waals surface area contributed by atoms with Crippen molar-refractivity contribution in [3.8, 4) is 0 Å². The lowest BCUT2D eigenvalue weighted by atomic mass is 9.77. The summed E-state index contributed by atoms with van der Waals surface area (Å²) >= 11 is 0. The van der Waals surface area contributed by atoms with Gasteiger partial charge in [0.15, 0.2) is 0 Å². The Morgan fingerprint density at radius 3 is 2.69 bits per heavy atom. The van der Waals surface area contributed by atoms with Crippen LogP contribution in [0.4, 0.5) is 11.4 Å². The highest BCUT2D eigenvalue weighted by atomic mass is 16.6. The minimum Gasteiger partial charge on any atom is -0.478 e. The molecule has 0 aliphatic carbocycles. The fourth-order valence-electron chi connectivity index (χ4n) is 3.94. The van der Waals surface area contributed by atoms with Crippen molar-refractivity contribution in [2.45, 2.75) is 25.0 Å². The first-order valence-corrected chi connectivity index (χ1v) is 8.54. The van der Waals surface area contributed by atoms with Crippen LogP contribution in [0.3, 0.4) is 0 Å². The number of aromatic carboxylic acids is 1. The molecule has 3 atom stereocenters. The number of nitrogens with one attached hydrogen (secondary N) is 1. The third kappa shape index (κ3) is 2.80. The maximum atomic E-state index is 11.3. The molecule has 2 aliphatic rings. The van der Waals surface area contributed by atoms with Crippen LogP contribution in [-0.4, -0.2) is 22.6 Å². The molecule has 0 unspecified atom stereocenters. The molecule has 2 aromatic rings. The Bertz CT molecular complexity index is 865. The van der Waals surface area contributed by atoms with E-state index in [1.165, 1.54) is 12.1 Å². The highest BCUT2D eigenvalue weighted by Gasteiger charge is 2.40. The van der Waals surface area contributed by atoms with E-state index in [4.69, 9.17) is 4.74 Å². The number of hydrogen-bond donors (Lipinski definition) is 2. The molecule has 2 N–H and O–H groups in total. The molecule has 26 heavy (non-hydrogen) atoms. The number of carbonyl (C=O) groups is 1. The van der Waals surface area contributed by atoms with Gasteiger partial charge < -0.3 is 15.2 Å². The van der Waals surface area contributed by atoms with E-state index in [0.717, 1.165) is 29.7 Å². The number of fused-ring (bicyclic) bond motifs is 3. The van der Waals surface area contributed by atoms with Gasteiger partial charge in [0.1, 0.15) is 0 Å². The van der Waals surface area contributed by atoms with Crippen LogP contribution in [0, 0.1) is 16.0 Å². The first kappa shape index (κ1) is 16.5. The van der Waals surface area contributed by atoms with E-state index >= 15 is 0 Å². The predicted octanol–water partition coefficient (Wildman–Crippen LogP) is 3.93. The second-order valence-electron chi connectivity index (χ2n) is 6.68. The third-order valence-corrected chi connectivity index (χ3v) is 5.18. The average Bonchev–Trinajstić information content (AvgIpc) is 2.67. The summed E-state index contributed by atoms with van der Waals surface area (Å²) in [6, 6.07) is 11.6. The smallest absolute Gasteiger partial charge is 0.335 e. The second-order valence-corrected chi connectivity index (χ2v) is 6.68. The van der Waals surface area contributed by atoms with Gasteiger partial charge in [-0.3, -0.25) is 10.1 Å². The van der Waals surface area contributed by atoms with Crippen molar-refractivity contribution < 1.29 is 19.6 Å². The van der Waals surface area contributed by atoms with Gasteiger partial charge in [-0.15, -0.1) is 0 Å². The maximum absolute atomic E-state index is 11.3. The number of anilines is 1. The molecule has 2 aliphatic heterocycles. The summed E-state index contributed by atoms with van der Waals surface area (Å²) in [5.41, 5.74) is 2.98. The summed E-state index contributed by atoms with van der Waals surface area (Å²) in [7, 11) is 0. The van der Waals surface area contributed by atoms with Crippen molar-refractivity contribution in [3.05, 3.63) is 69.3 Å². The molecular formula is C19H18N2O5. The number of nitro groups is 1. The normalized spacial score (nSPS) is 24.1. The number of ether oxygens (including phenoxy) is 1. The number of rotatable bonds is 3. The van der Waals surface area contributed by atoms with Crippen LogP contribution in [0.1, 0.15) is 46.5 Å². The molecule has 2 aromatic carbocycles. The topological polar surface area (TPSA) is 102 Å². The van der Waals surface area contributed by atoms with Crippen LogP contribution >= 0.6 is 0 Å². The average molecular weight is 354 g/mol. The summed E-state index contributed by atoms with van der Waals surface area (Å²) in [6.45, 7) is 0.644. The largest absolute Gasteiger partial charge is 0.478 e. The Morgan fingerprint density at radius 1 is 1.23 bits per heavy atom. The Kier molecular flexibility index (Phi) is 4.08. The van der Waals surface area contributed by atoms with E-state index in [1.54, 1.807) is 30.3 Å². The van der Waals surface area contributed by atoms with Crippen LogP contribution < -0.4 is 5.32 Å². The van der Waals surface area contributed by atoms with Crippen molar-refractivity contribution in [2.24, 2.45) is 5.92 Å². The monoisotopic (exact) mass is 354 g/mol. The van der Waals surface area contributed by atoms with Crippen molar-refractivity contribution in [2.75, 3.05) is 11.9 Å². The number of non-ortho nitro benzene ring substituents is 1. The van der Waals surface area contributed by atoms with Crippen molar-refractivity contribution >= 4 is 17.3 Å². The summed E-state index contributed by atoms with van der Waals surface area (Å²) in [6.07, 6.45) is 1.69. The van der Waals surface area contributed by atoms with E-state index in [-0.39, 0.29) is 29.3 Å². The van der Waals surface area contributed by atoms with Gasteiger partial charge in [-0.05, 0) is 36.6 Å². The Morgan fingerprint density at radius 2 is 2.00 bits per heavy atom. The number of hydrogen-bond acceptors (Lipinski definition) is 5. The second kappa shape index (κ2) is 6.42. The van der Waals surface area contributed by atoms with Crippen LogP contribution in [-0.2, 0) is 4.74 Å². The highest BCUT2D eigenvalue weighted by molar-refractivity contribution is 5.88. The van der Waals surface area contributed by atoms with Crippen LogP contribution in [0.15, 0.2) is 42.5 Å². The molecule has 7 heteroatoms. The molecule has 0 saturated carbocycles. The van der Waals surface area contributed by atoms with E-state index < -0.39 is 10.9 Å². The van der Waals surface area contributed by atoms with E-state index in [9.17, 15) is 20.0 Å². The summed E-state index contributed by atoms with van der Waals surface area (Å²) < 4.78 is 6.02. The quantitative estimate of drug-likeness (QED) is 0.640. The lowest BCUT2D eigenvalue weighted by Crippen LogP contribution is -2.36. The lowest BCUT2D eigenvalue weighted by molar-refractivity contribution is -0.384. The molecule has 2 heterocycles. The van der Waals surface area contributed by atoms with Gasteiger partial charge in [0.05, 0.1) is 22.6 Å². The SMILES string of the molecule is O=C(O)c1ccc2c(c1)[C@H]1OCCC[C@H]1[C@@H](c1ccc([N+](=O)[O-])cc1)N2. The highest BCUT2D eigenvalue weighted by Crippen LogP contribution is 2.49. The zero-order chi connectivity index (χ0) is 18.3. The van der Waals surface area contributed by atoms with Gasteiger partial charge in [0, 0.05) is 35.9 Å². The minimum absolute atomic E-state index is 0.0377. The number of nitrogens with zero attached hydrogens (tertiary/aromatic N) is 1.